The number of anilines is 1. The van der Waals surface area contributed by atoms with E-state index in [2.05, 4.69) is 17.2 Å². The van der Waals surface area contributed by atoms with Crippen LogP contribution in [0.15, 0.2) is 54.7 Å². The Hall–Kier alpha value is -2.41. The zero-order valence-electron chi connectivity index (χ0n) is 16.4. The van der Waals surface area contributed by atoms with Gasteiger partial charge < -0.3 is 20.3 Å². The molecule has 0 radical (unpaired) electrons. The van der Waals surface area contributed by atoms with Gasteiger partial charge in [0.25, 0.3) is 5.91 Å². The third-order valence-electron chi connectivity index (χ3n) is 3.97. The Bertz CT molecular complexity index is 904. The molecule has 0 atom stereocenters. The highest BCUT2D eigenvalue weighted by Gasteiger charge is 2.09. The lowest BCUT2D eigenvalue weighted by Gasteiger charge is -2.19. The summed E-state index contributed by atoms with van der Waals surface area (Å²) in [5, 5.41) is 6.81. The van der Waals surface area contributed by atoms with Crippen LogP contribution in [0.4, 0.5) is 5.69 Å². The molecule has 0 aromatic heterocycles. The van der Waals surface area contributed by atoms with Crippen LogP contribution in [0.25, 0.3) is 0 Å². The molecule has 0 aliphatic heterocycles. The highest BCUT2D eigenvalue weighted by Crippen LogP contribution is 2.26. The summed E-state index contributed by atoms with van der Waals surface area (Å²) < 4.78 is 5.36. The predicted molar refractivity (Wildman–Crippen MR) is 122 cm³/mol. The molecule has 6 nitrogen and oxygen atoms in total. The van der Waals surface area contributed by atoms with Crippen molar-refractivity contribution in [1.29, 1.82) is 0 Å². The summed E-state index contributed by atoms with van der Waals surface area (Å²) in [6.45, 7) is 4.13. The number of nitrogens with zero attached hydrogens (tertiary/aromatic N) is 1. The molecule has 0 unspecified atom stereocenters. The van der Waals surface area contributed by atoms with Gasteiger partial charge in [-0.1, -0.05) is 41.4 Å². The lowest BCUT2D eigenvalue weighted by atomic mass is 10.3. The van der Waals surface area contributed by atoms with Gasteiger partial charge in [-0.2, -0.15) is 0 Å². The molecule has 0 saturated carbocycles. The van der Waals surface area contributed by atoms with Gasteiger partial charge in [0.2, 0.25) is 5.91 Å². The quantitative estimate of drug-likeness (QED) is 0.543. The smallest absolute Gasteiger partial charge is 0.262 e. The Balaban J connectivity index is 1.64. The Kier molecular flexibility index (Phi) is 9.30. The van der Waals surface area contributed by atoms with E-state index in [1.54, 1.807) is 24.3 Å². The molecule has 2 aromatic carbocycles. The van der Waals surface area contributed by atoms with Gasteiger partial charge in [-0.05, 0) is 36.4 Å². The maximum absolute atomic E-state index is 12.1. The SMILES string of the molecule is C=C(CCNC(=O)CN(C)c1ccc(Cl)cc1)NC(=O)COc1ccc(Cl)c(Cl)c1. The topological polar surface area (TPSA) is 70.7 Å². The van der Waals surface area contributed by atoms with E-state index in [4.69, 9.17) is 39.5 Å². The summed E-state index contributed by atoms with van der Waals surface area (Å²) in [6.07, 6.45) is 0.398. The van der Waals surface area contributed by atoms with E-state index in [1.165, 1.54) is 6.07 Å². The molecule has 0 aliphatic rings. The summed E-state index contributed by atoms with van der Waals surface area (Å²) in [5.74, 6) is -0.0726. The second-order valence-electron chi connectivity index (χ2n) is 6.45. The van der Waals surface area contributed by atoms with E-state index < -0.39 is 0 Å². The van der Waals surface area contributed by atoms with Gasteiger partial charge in [-0.15, -0.1) is 0 Å². The van der Waals surface area contributed by atoms with E-state index in [-0.39, 0.29) is 25.0 Å². The van der Waals surface area contributed by atoms with Crippen molar-refractivity contribution in [1.82, 2.24) is 10.6 Å². The molecule has 0 aliphatic carbocycles. The van der Waals surface area contributed by atoms with Gasteiger partial charge >= 0.3 is 0 Å². The van der Waals surface area contributed by atoms with Crippen LogP contribution in [0.5, 0.6) is 5.75 Å². The minimum atomic E-state index is -0.361. The van der Waals surface area contributed by atoms with Crippen molar-refractivity contribution in [2.75, 3.05) is 31.6 Å². The first kappa shape index (κ1) is 23.9. The number of rotatable bonds is 10. The average molecular weight is 471 g/mol. The number of ether oxygens (including phenoxy) is 1. The predicted octanol–water partition coefficient (Wildman–Crippen LogP) is 4.30. The normalized spacial score (nSPS) is 10.3. The number of nitrogens with one attached hydrogen (secondary N) is 2. The number of carbonyl (C=O) groups excluding carboxylic acids is 2. The molecule has 2 rings (SSSR count). The van der Waals surface area contributed by atoms with Crippen LogP contribution in [0, 0.1) is 0 Å². The Labute approximate surface area is 190 Å². The number of hydrogen-bond acceptors (Lipinski definition) is 4. The van der Waals surface area contributed by atoms with E-state index in [0.29, 0.717) is 39.5 Å². The van der Waals surface area contributed by atoms with E-state index in [1.807, 2.05) is 24.1 Å². The van der Waals surface area contributed by atoms with Crippen molar-refractivity contribution in [3.8, 4) is 5.75 Å². The summed E-state index contributed by atoms with van der Waals surface area (Å²) in [4.78, 5) is 25.8. The Morgan fingerprint density at radius 3 is 2.40 bits per heavy atom. The molecule has 2 amide bonds. The molecule has 160 valence electrons. The molecule has 0 bridgehead atoms. The minimum Gasteiger partial charge on any atom is -0.484 e. The highest BCUT2D eigenvalue weighted by molar-refractivity contribution is 6.42. The second kappa shape index (κ2) is 11.7. The molecule has 9 heteroatoms. The van der Waals surface area contributed by atoms with Crippen LogP contribution in [-0.4, -0.2) is 38.6 Å². The van der Waals surface area contributed by atoms with Crippen LogP contribution >= 0.6 is 34.8 Å². The molecule has 30 heavy (non-hydrogen) atoms. The van der Waals surface area contributed by atoms with Crippen LogP contribution in [-0.2, 0) is 9.59 Å². The summed E-state index contributed by atoms with van der Waals surface area (Å²) >= 11 is 17.6. The number of halogens is 3. The number of likely N-dealkylation sites (N-methyl/N-ethyl adjacent to an activating group) is 1. The largest absolute Gasteiger partial charge is 0.484 e. The molecule has 0 fully saturated rings. The maximum atomic E-state index is 12.1. The van der Waals surface area contributed by atoms with Crippen LogP contribution in [0.1, 0.15) is 6.42 Å². The molecule has 0 spiro atoms. The van der Waals surface area contributed by atoms with Crippen molar-refractivity contribution < 1.29 is 14.3 Å². The van der Waals surface area contributed by atoms with Gasteiger partial charge in [-0.25, -0.2) is 0 Å². The first-order valence-corrected chi connectivity index (χ1v) is 10.2. The van der Waals surface area contributed by atoms with Crippen molar-refractivity contribution in [2.24, 2.45) is 0 Å². The number of benzene rings is 2. The van der Waals surface area contributed by atoms with E-state index in [0.717, 1.165) is 5.69 Å². The van der Waals surface area contributed by atoms with Crippen molar-refractivity contribution in [2.45, 2.75) is 6.42 Å². The molecule has 0 saturated heterocycles. The van der Waals surface area contributed by atoms with Gasteiger partial charge in [-0.3, -0.25) is 9.59 Å². The fourth-order valence-electron chi connectivity index (χ4n) is 2.42. The van der Waals surface area contributed by atoms with Crippen LogP contribution < -0.4 is 20.3 Å². The monoisotopic (exact) mass is 469 g/mol. The number of carbonyl (C=O) groups is 2. The first-order valence-electron chi connectivity index (χ1n) is 9.03. The number of hydrogen-bond donors (Lipinski definition) is 2. The highest BCUT2D eigenvalue weighted by atomic mass is 35.5. The average Bonchev–Trinajstić information content (AvgIpc) is 2.69. The molecule has 2 aromatic rings. The molecule has 2 N–H and O–H groups in total. The molecular formula is C21H22Cl3N3O3. The maximum Gasteiger partial charge on any atom is 0.262 e. The Morgan fingerprint density at radius 2 is 1.73 bits per heavy atom. The zero-order valence-corrected chi connectivity index (χ0v) is 18.7. The van der Waals surface area contributed by atoms with Gasteiger partial charge in [0.05, 0.1) is 16.6 Å². The summed E-state index contributed by atoms with van der Waals surface area (Å²) in [5.41, 5.74) is 1.36. The molecule has 0 heterocycles. The van der Waals surface area contributed by atoms with Gasteiger partial charge in [0.15, 0.2) is 6.61 Å². The Morgan fingerprint density at radius 1 is 1.03 bits per heavy atom. The van der Waals surface area contributed by atoms with Crippen LogP contribution in [0.3, 0.4) is 0 Å². The summed E-state index contributed by atoms with van der Waals surface area (Å²) in [7, 11) is 1.82. The van der Waals surface area contributed by atoms with Crippen molar-refractivity contribution in [3.63, 3.8) is 0 Å². The fraction of sp³-hybridized carbons (Fsp3) is 0.238. The third kappa shape index (κ3) is 8.14. The zero-order chi connectivity index (χ0) is 22.1. The van der Waals surface area contributed by atoms with Crippen molar-refractivity contribution >= 4 is 52.3 Å². The van der Waals surface area contributed by atoms with E-state index in [9.17, 15) is 9.59 Å². The third-order valence-corrected chi connectivity index (χ3v) is 4.97. The standard InChI is InChI=1S/C21H22Cl3N3O3/c1-14(26-21(29)13-30-17-7-8-18(23)19(24)11-17)9-10-25-20(28)12-27(2)16-5-3-15(22)4-6-16/h3-8,11H,1,9-10,12-13H2,2H3,(H,25,28)(H,26,29). The van der Waals surface area contributed by atoms with E-state index >= 15 is 0 Å². The summed E-state index contributed by atoms with van der Waals surface area (Å²) in [6, 6.07) is 11.9. The van der Waals surface area contributed by atoms with Gasteiger partial charge in [0.1, 0.15) is 5.75 Å². The first-order chi connectivity index (χ1) is 14.2. The lowest BCUT2D eigenvalue weighted by molar-refractivity contribution is -0.122. The van der Waals surface area contributed by atoms with Crippen LogP contribution in [0.2, 0.25) is 15.1 Å². The second-order valence-corrected chi connectivity index (χ2v) is 7.70. The fourth-order valence-corrected chi connectivity index (χ4v) is 2.84. The van der Waals surface area contributed by atoms with Crippen molar-refractivity contribution in [3.05, 3.63) is 69.8 Å². The lowest BCUT2D eigenvalue weighted by Crippen LogP contribution is -2.36. The minimum absolute atomic E-state index is 0.144. The molecular weight excluding hydrogens is 449 g/mol. The van der Waals surface area contributed by atoms with Gasteiger partial charge in [0, 0.05) is 42.5 Å². The number of amides is 2.